The van der Waals surface area contributed by atoms with Crippen LogP contribution in [0.3, 0.4) is 0 Å². The highest BCUT2D eigenvalue weighted by atomic mass is 35.5. The van der Waals surface area contributed by atoms with Gasteiger partial charge in [-0.15, -0.1) is 0 Å². The highest BCUT2D eigenvalue weighted by Crippen LogP contribution is 2.44. The lowest BCUT2D eigenvalue weighted by Crippen LogP contribution is -2.40. The van der Waals surface area contributed by atoms with Gasteiger partial charge in [0.25, 0.3) is 0 Å². The Morgan fingerprint density at radius 3 is 2.30 bits per heavy atom. The summed E-state index contributed by atoms with van der Waals surface area (Å²) in [6, 6.07) is 6.16. The fourth-order valence-corrected chi connectivity index (χ4v) is 4.88. The number of nitrogens with zero attached hydrogens (tertiary/aromatic N) is 1. The third kappa shape index (κ3) is 5.87. The number of rotatable bonds is 5. The lowest BCUT2D eigenvalue weighted by atomic mass is 9.97. The van der Waals surface area contributed by atoms with Gasteiger partial charge < -0.3 is 0 Å². The first-order chi connectivity index (χ1) is 13.7. The van der Waals surface area contributed by atoms with E-state index in [0.29, 0.717) is 5.56 Å². The molecular weight excluding hydrogens is 457 g/mol. The minimum Gasteiger partial charge on any atom is -0.256 e. The van der Waals surface area contributed by atoms with Crippen LogP contribution in [0.5, 0.6) is 0 Å². The molecule has 0 aliphatic rings. The van der Waals surface area contributed by atoms with Crippen molar-refractivity contribution in [3.05, 3.63) is 46.5 Å². The van der Waals surface area contributed by atoms with E-state index in [1.54, 1.807) is 27.7 Å². The molecule has 10 heteroatoms. The molecule has 0 saturated carbocycles. The van der Waals surface area contributed by atoms with Crippen molar-refractivity contribution in [2.75, 3.05) is 0 Å². The molecule has 0 aliphatic heterocycles. The Morgan fingerprint density at radius 2 is 1.77 bits per heavy atom. The van der Waals surface area contributed by atoms with Gasteiger partial charge in [-0.25, -0.2) is 13.1 Å². The first-order valence-electron chi connectivity index (χ1n) is 8.69. The molecule has 0 heterocycles. The molecular formula is C20H20ClF3N2O2S2. The fourth-order valence-electron chi connectivity index (χ4n) is 2.80. The molecule has 162 valence electrons. The van der Waals surface area contributed by atoms with Gasteiger partial charge in [-0.1, -0.05) is 36.0 Å². The van der Waals surface area contributed by atoms with Crippen molar-refractivity contribution >= 4 is 51.1 Å². The predicted molar refractivity (Wildman–Crippen MR) is 119 cm³/mol. The van der Waals surface area contributed by atoms with Crippen molar-refractivity contribution in [1.29, 1.82) is 0 Å². The molecule has 0 fully saturated rings. The third-order valence-electron chi connectivity index (χ3n) is 3.87. The lowest BCUT2D eigenvalue weighted by Gasteiger charge is -2.22. The van der Waals surface area contributed by atoms with Gasteiger partial charge in [0, 0.05) is 22.7 Å². The molecule has 0 saturated heterocycles. The van der Waals surface area contributed by atoms with Crippen molar-refractivity contribution in [2.45, 2.75) is 44.3 Å². The van der Waals surface area contributed by atoms with E-state index >= 15 is 0 Å². The summed E-state index contributed by atoms with van der Waals surface area (Å²) in [4.78, 5) is 3.71. The van der Waals surface area contributed by atoms with Gasteiger partial charge in [-0.3, -0.25) is 4.99 Å². The quantitative estimate of drug-likeness (QED) is 0.418. The van der Waals surface area contributed by atoms with E-state index in [9.17, 15) is 21.6 Å². The first kappa shape index (κ1) is 24.5. The van der Waals surface area contributed by atoms with Crippen LogP contribution >= 0.6 is 23.8 Å². The Hall–Kier alpha value is -1.81. The standard InChI is InChI=1S/C20H20ClF3N2O2S2/c1-12-5-6-13(9-17(12)30(27,28)26-19(2,3)4)18-15(20(22,23)24)10-14(11-16(18)21)25-7-8-29/h5-11,26H,1-4H3. The van der Waals surface area contributed by atoms with E-state index in [2.05, 4.69) is 21.9 Å². The molecule has 2 aromatic rings. The van der Waals surface area contributed by atoms with E-state index in [1.165, 1.54) is 30.5 Å². The summed E-state index contributed by atoms with van der Waals surface area (Å²) in [5.74, 6) is 0. The van der Waals surface area contributed by atoms with Crippen LogP contribution in [0.4, 0.5) is 18.9 Å². The fraction of sp³-hybridized carbons (Fsp3) is 0.300. The topological polar surface area (TPSA) is 58.5 Å². The van der Waals surface area contributed by atoms with Gasteiger partial charge in [0.05, 0.1) is 21.2 Å². The number of sulfonamides is 1. The zero-order chi connectivity index (χ0) is 22.9. The van der Waals surface area contributed by atoms with Crippen molar-refractivity contribution in [3.63, 3.8) is 0 Å². The predicted octanol–water partition coefficient (Wildman–Crippen LogP) is 6.11. The van der Waals surface area contributed by atoms with Crippen LogP contribution in [0.2, 0.25) is 5.02 Å². The molecule has 0 aliphatic carbocycles. The molecule has 4 nitrogen and oxygen atoms in total. The van der Waals surface area contributed by atoms with Crippen molar-refractivity contribution in [3.8, 4) is 11.1 Å². The smallest absolute Gasteiger partial charge is 0.256 e. The van der Waals surface area contributed by atoms with E-state index < -0.39 is 27.3 Å². The molecule has 2 rings (SSSR count). The van der Waals surface area contributed by atoms with E-state index in [-0.39, 0.29) is 26.7 Å². The molecule has 0 bridgehead atoms. The molecule has 0 aromatic heterocycles. The van der Waals surface area contributed by atoms with E-state index in [1.807, 2.05) is 0 Å². The summed E-state index contributed by atoms with van der Waals surface area (Å²) in [5.41, 5.74) is -1.72. The number of thiocarbonyl (C=S) groups is 1. The van der Waals surface area contributed by atoms with Crippen LogP contribution in [0.1, 0.15) is 31.9 Å². The number of halogens is 4. The number of hydrogen-bond donors (Lipinski definition) is 1. The molecule has 1 N–H and O–H groups in total. The Labute approximate surface area is 184 Å². The molecule has 0 spiro atoms. The maximum atomic E-state index is 13.8. The van der Waals surface area contributed by atoms with Gasteiger partial charge in [0.15, 0.2) is 0 Å². The van der Waals surface area contributed by atoms with Crippen LogP contribution in [0, 0.1) is 6.92 Å². The van der Waals surface area contributed by atoms with Gasteiger partial charge in [0.1, 0.15) is 0 Å². The highest BCUT2D eigenvalue weighted by Gasteiger charge is 2.36. The second-order valence-corrected chi connectivity index (χ2v) is 9.93. The summed E-state index contributed by atoms with van der Waals surface area (Å²) >= 11 is 10.8. The number of alkyl halides is 3. The largest absolute Gasteiger partial charge is 0.417 e. The SMILES string of the molecule is Cc1ccc(-c2c(Cl)cc(N=CC=S)cc2C(F)(F)F)cc1S(=O)(=O)NC(C)(C)C. The summed E-state index contributed by atoms with van der Waals surface area (Å²) in [6.07, 6.45) is -3.56. The number of benzene rings is 2. The van der Waals surface area contributed by atoms with Gasteiger partial charge in [-0.2, -0.15) is 13.2 Å². The second kappa shape index (κ2) is 8.74. The number of aliphatic imine (C=N–C) groups is 1. The summed E-state index contributed by atoms with van der Waals surface area (Å²) in [7, 11) is -3.97. The molecule has 0 amide bonds. The number of nitrogens with one attached hydrogen (secondary N) is 1. The molecule has 0 unspecified atom stereocenters. The second-order valence-electron chi connectivity index (χ2n) is 7.60. The molecule has 30 heavy (non-hydrogen) atoms. The van der Waals surface area contributed by atoms with E-state index in [4.69, 9.17) is 11.6 Å². The maximum absolute atomic E-state index is 13.8. The minimum atomic E-state index is -4.74. The Bertz CT molecular complexity index is 1110. The highest BCUT2D eigenvalue weighted by molar-refractivity contribution is 7.89. The average molecular weight is 477 g/mol. The Balaban J connectivity index is 2.76. The zero-order valence-corrected chi connectivity index (χ0v) is 19.0. The molecule has 0 atom stereocenters. The number of hydrogen-bond acceptors (Lipinski definition) is 4. The van der Waals surface area contributed by atoms with Crippen LogP contribution in [-0.4, -0.2) is 25.5 Å². The summed E-state index contributed by atoms with van der Waals surface area (Å²) in [5, 5.41) is 0.950. The van der Waals surface area contributed by atoms with Crippen LogP contribution in [0.25, 0.3) is 11.1 Å². The van der Waals surface area contributed by atoms with Crippen LogP contribution < -0.4 is 4.72 Å². The van der Waals surface area contributed by atoms with Crippen molar-refractivity contribution in [1.82, 2.24) is 4.72 Å². The summed E-state index contributed by atoms with van der Waals surface area (Å²) < 4.78 is 69.4. The monoisotopic (exact) mass is 476 g/mol. The minimum absolute atomic E-state index is 0.0217. The third-order valence-corrected chi connectivity index (χ3v) is 6.19. The van der Waals surface area contributed by atoms with Gasteiger partial charge in [-0.05, 0) is 57.0 Å². The normalized spacial score (nSPS) is 13.1. The lowest BCUT2D eigenvalue weighted by molar-refractivity contribution is -0.137. The van der Waals surface area contributed by atoms with Crippen molar-refractivity contribution < 1.29 is 21.6 Å². The Kier molecular flexibility index (Phi) is 7.13. The van der Waals surface area contributed by atoms with Crippen LogP contribution in [-0.2, 0) is 16.2 Å². The average Bonchev–Trinajstić information content (AvgIpc) is 2.57. The summed E-state index contributed by atoms with van der Waals surface area (Å²) in [6.45, 7) is 6.57. The van der Waals surface area contributed by atoms with Gasteiger partial charge >= 0.3 is 6.18 Å². The first-order valence-corrected chi connectivity index (χ1v) is 11.0. The zero-order valence-electron chi connectivity index (χ0n) is 16.6. The van der Waals surface area contributed by atoms with Crippen molar-refractivity contribution in [2.24, 2.45) is 4.99 Å². The number of aryl methyl sites for hydroxylation is 1. The molecule has 0 radical (unpaired) electrons. The molecule has 2 aromatic carbocycles. The van der Waals surface area contributed by atoms with Gasteiger partial charge in [0.2, 0.25) is 10.0 Å². The Morgan fingerprint density at radius 1 is 1.13 bits per heavy atom. The maximum Gasteiger partial charge on any atom is 0.417 e. The van der Waals surface area contributed by atoms with E-state index in [0.717, 1.165) is 11.4 Å². The van der Waals surface area contributed by atoms with Crippen LogP contribution in [0.15, 0.2) is 40.2 Å².